The van der Waals surface area contributed by atoms with Gasteiger partial charge in [0.25, 0.3) is 10.0 Å². The molecule has 1 fully saturated rings. The molecule has 1 aliphatic heterocycles. The number of carbonyl (C=O) groups excluding carboxylic acids is 1. The van der Waals surface area contributed by atoms with Gasteiger partial charge in [0.15, 0.2) is 0 Å². The maximum absolute atomic E-state index is 13.2. The molecule has 1 amide bonds. The lowest BCUT2D eigenvalue weighted by Crippen LogP contribution is -2.46. The van der Waals surface area contributed by atoms with Crippen LogP contribution in [0.1, 0.15) is 23.3 Å². The number of carbonyl (C=O) groups is 1. The molecule has 0 spiro atoms. The molecule has 8 heteroatoms. The lowest BCUT2D eigenvalue weighted by atomic mass is 10.1. The second kappa shape index (κ2) is 7.85. The highest BCUT2D eigenvalue weighted by Gasteiger charge is 2.39. The average molecular weight is 397 g/mol. The van der Waals surface area contributed by atoms with E-state index in [1.165, 1.54) is 27.8 Å². The summed E-state index contributed by atoms with van der Waals surface area (Å²) in [5.74, 6) is -0.608. The zero-order valence-electron chi connectivity index (χ0n) is 14.4. The van der Waals surface area contributed by atoms with Crippen molar-refractivity contribution in [2.75, 3.05) is 13.1 Å². The Hall–Kier alpha value is -1.77. The predicted octanol–water partition coefficient (Wildman–Crippen LogP) is 2.71. The second-order valence-corrected chi connectivity index (χ2v) is 9.72. The molecule has 5 nitrogen and oxygen atoms in total. The van der Waals surface area contributed by atoms with E-state index in [2.05, 4.69) is 5.32 Å². The van der Waals surface area contributed by atoms with Crippen molar-refractivity contribution in [3.63, 3.8) is 0 Å². The van der Waals surface area contributed by atoms with Crippen LogP contribution in [0.4, 0.5) is 4.39 Å². The summed E-state index contributed by atoms with van der Waals surface area (Å²) in [6, 6.07) is 8.89. The molecule has 1 aromatic carbocycles. The molecule has 2 aromatic rings. The lowest BCUT2D eigenvalue weighted by Gasteiger charge is -2.22. The summed E-state index contributed by atoms with van der Waals surface area (Å²) in [4.78, 5) is 13.4. The summed E-state index contributed by atoms with van der Waals surface area (Å²) in [6.07, 6.45) is 1.66. The Morgan fingerprint density at radius 3 is 2.85 bits per heavy atom. The van der Waals surface area contributed by atoms with Crippen LogP contribution in [0.2, 0.25) is 0 Å². The van der Waals surface area contributed by atoms with Crippen LogP contribution >= 0.6 is 11.3 Å². The smallest absolute Gasteiger partial charge is 0.253 e. The van der Waals surface area contributed by atoms with Crippen molar-refractivity contribution in [3.8, 4) is 0 Å². The van der Waals surface area contributed by atoms with Crippen LogP contribution < -0.4 is 5.32 Å². The minimum Gasteiger partial charge on any atom is -0.354 e. The number of benzene rings is 1. The maximum Gasteiger partial charge on any atom is 0.253 e. The Balaban J connectivity index is 1.63. The van der Waals surface area contributed by atoms with Gasteiger partial charge < -0.3 is 5.32 Å². The van der Waals surface area contributed by atoms with E-state index in [9.17, 15) is 17.6 Å². The van der Waals surface area contributed by atoms with Crippen LogP contribution in [-0.2, 0) is 21.2 Å². The van der Waals surface area contributed by atoms with Crippen molar-refractivity contribution in [2.24, 2.45) is 0 Å². The Morgan fingerprint density at radius 1 is 1.35 bits per heavy atom. The van der Waals surface area contributed by atoms with Crippen molar-refractivity contribution in [3.05, 3.63) is 52.7 Å². The maximum atomic E-state index is 13.2. The highest BCUT2D eigenvalue weighted by Crippen LogP contribution is 2.30. The molecule has 0 radical (unpaired) electrons. The fourth-order valence-corrected chi connectivity index (χ4v) is 6.17. The van der Waals surface area contributed by atoms with Crippen LogP contribution in [-0.4, -0.2) is 37.8 Å². The molecule has 26 heavy (non-hydrogen) atoms. The van der Waals surface area contributed by atoms with Crippen molar-refractivity contribution in [1.29, 1.82) is 0 Å². The first-order chi connectivity index (χ1) is 12.4. The van der Waals surface area contributed by atoms with Gasteiger partial charge >= 0.3 is 0 Å². The molecule has 140 valence electrons. The number of hydrogen-bond acceptors (Lipinski definition) is 4. The molecule has 0 saturated carbocycles. The molecular formula is C18H21FN2O3S2. The molecule has 0 bridgehead atoms. The van der Waals surface area contributed by atoms with Crippen molar-refractivity contribution in [2.45, 2.75) is 36.4 Å². The summed E-state index contributed by atoms with van der Waals surface area (Å²) in [5, 5.41) is 2.79. The zero-order chi connectivity index (χ0) is 18.7. The number of sulfonamides is 1. The third-order valence-corrected chi connectivity index (χ3v) is 7.76. The van der Waals surface area contributed by atoms with E-state index in [1.54, 1.807) is 24.3 Å². The van der Waals surface area contributed by atoms with Gasteiger partial charge in [-0.05, 0) is 56.0 Å². The van der Waals surface area contributed by atoms with Crippen LogP contribution in [0.15, 0.2) is 40.6 Å². The Kier molecular flexibility index (Phi) is 5.74. The minimum atomic E-state index is -3.65. The molecule has 1 atom stereocenters. The topological polar surface area (TPSA) is 66.5 Å². The monoisotopic (exact) mass is 396 g/mol. The highest BCUT2D eigenvalue weighted by molar-refractivity contribution is 7.91. The minimum absolute atomic E-state index is 0.273. The summed E-state index contributed by atoms with van der Waals surface area (Å²) in [5.41, 5.74) is 0.787. The number of hydrogen-bond donors (Lipinski definition) is 1. The van der Waals surface area contributed by atoms with Gasteiger partial charge in [-0.25, -0.2) is 12.8 Å². The Morgan fingerprint density at radius 2 is 2.15 bits per heavy atom. The van der Waals surface area contributed by atoms with Crippen molar-refractivity contribution in [1.82, 2.24) is 9.62 Å². The zero-order valence-corrected chi connectivity index (χ0v) is 16.1. The van der Waals surface area contributed by atoms with Crippen LogP contribution in [0.3, 0.4) is 0 Å². The van der Waals surface area contributed by atoms with Gasteiger partial charge in [0.1, 0.15) is 16.1 Å². The number of nitrogens with zero attached hydrogens (tertiary/aromatic N) is 1. The van der Waals surface area contributed by atoms with Crippen LogP contribution in [0, 0.1) is 12.7 Å². The predicted molar refractivity (Wildman–Crippen MR) is 99.1 cm³/mol. The summed E-state index contributed by atoms with van der Waals surface area (Å²) < 4.78 is 40.4. The first kappa shape index (κ1) is 19.0. The summed E-state index contributed by atoms with van der Waals surface area (Å²) in [6.45, 7) is 2.54. The molecule has 1 aromatic heterocycles. The van der Waals surface area contributed by atoms with Gasteiger partial charge in [0.05, 0.1) is 0 Å². The van der Waals surface area contributed by atoms with Crippen LogP contribution in [0.5, 0.6) is 0 Å². The molecule has 2 heterocycles. The highest BCUT2D eigenvalue weighted by atomic mass is 32.2. The third-order valence-electron chi connectivity index (χ3n) is 4.39. The first-order valence-corrected chi connectivity index (χ1v) is 10.7. The molecule has 1 N–H and O–H groups in total. The molecule has 3 rings (SSSR count). The van der Waals surface area contributed by atoms with Gasteiger partial charge in [-0.1, -0.05) is 12.1 Å². The van der Waals surface area contributed by atoms with E-state index in [1.807, 2.05) is 6.92 Å². The fraction of sp³-hybridized carbons (Fsp3) is 0.389. The van der Waals surface area contributed by atoms with Gasteiger partial charge in [-0.3, -0.25) is 4.79 Å². The van der Waals surface area contributed by atoms with E-state index < -0.39 is 16.1 Å². The number of halogens is 1. The van der Waals surface area contributed by atoms with Crippen molar-refractivity contribution >= 4 is 27.3 Å². The van der Waals surface area contributed by atoms with E-state index in [0.717, 1.165) is 10.4 Å². The van der Waals surface area contributed by atoms with Crippen molar-refractivity contribution < 1.29 is 17.6 Å². The summed E-state index contributed by atoms with van der Waals surface area (Å²) >= 11 is 1.21. The number of nitrogens with one attached hydrogen (secondary N) is 1. The van der Waals surface area contributed by atoms with Gasteiger partial charge in [-0.15, -0.1) is 11.3 Å². The van der Waals surface area contributed by atoms with E-state index in [0.29, 0.717) is 32.4 Å². The number of thiophene rings is 1. The summed E-state index contributed by atoms with van der Waals surface area (Å²) in [7, 11) is -3.65. The molecule has 1 unspecified atom stereocenters. The van der Waals surface area contributed by atoms with Gasteiger partial charge in [0.2, 0.25) is 5.91 Å². The lowest BCUT2D eigenvalue weighted by molar-refractivity contribution is -0.124. The second-order valence-electron chi connectivity index (χ2n) is 6.31. The Labute approximate surface area is 156 Å². The molecule has 0 aliphatic carbocycles. The van der Waals surface area contributed by atoms with Gasteiger partial charge in [-0.2, -0.15) is 4.31 Å². The molecule has 1 aliphatic rings. The molecule has 1 saturated heterocycles. The first-order valence-electron chi connectivity index (χ1n) is 8.48. The largest absolute Gasteiger partial charge is 0.354 e. The standard InChI is InChI=1S/C18H21FN2O3S2/c1-13-7-8-17(25-13)26(23,24)21-11-3-6-16(21)18(22)20-10-9-14-4-2-5-15(19)12-14/h2,4-5,7-8,12,16H,3,6,9-11H2,1H3,(H,20,22). The normalized spacial score (nSPS) is 18.2. The quantitative estimate of drug-likeness (QED) is 0.816. The average Bonchev–Trinajstić information content (AvgIpc) is 3.24. The number of rotatable bonds is 6. The van der Waals surface area contributed by atoms with E-state index in [-0.39, 0.29) is 15.9 Å². The molecular weight excluding hydrogens is 375 g/mol. The SMILES string of the molecule is Cc1ccc(S(=O)(=O)N2CCCC2C(=O)NCCc2cccc(F)c2)s1. The number of aryl methyl sites for hydroxylation is 1. The number of amides is 1. The third kappa shape index (κ3) is 4.13. The fourth-order valence-electron chi connectivity index (χ4n) is 3.10. The van der Waals surface area contributed by atoms with Gasteiger partial charge in [0, 0.05) is 18.0 Å². The van der Waals surface area contributed by atoms with Crippen LogP contribution in [0.25, 0.3) is 0 Å². The van der Waals surface area contributed by atoms with E-state index in [4.69, 9.17) is 0 Å². The Bertz CT molecular complexity index is 895. The van der Waals surface area contributed by atoms with E-state index >= 15 is 0 Å².